The van der Waals surface area contributed by atoms with Crippen molar-refractivity contribution in [2.45, 2.75) is 12.5 Å². The molecule has 0 N–H and O–H groups in total. The number of nitrogens with zero attached hydrogens (tertiary/aromatic N) is 2. The van der Waals surface area contributed by atoms with E-state index in [2.05, 4.69) is 0 Å². The maximum absolute atomic E-state index is 12.5. The van der Waals surface area contributed by atoms with E-state index < -0.39 is 5.54 Å². The molecule has 1 aromatic rings. The summed E-state index contributed by atoms with van der Waals surface area (Å²) in [5, 5.41) is 0. The zero-order chi connectivity index (χ0) is 14.0. The van der Waals surface area contributed by atoms with Crippen LogP contribution < -0.4 is 0 Å². The van der Waals surface area contributed by atoms with Crippen LogP contribution in [0.3, 0.4) is 0 Å². The molecule has 2 rings (SSSR count). The Hall–Kier alpha value is -1.88. The van der Waals surface area contributed by atoms with E-state index in [1.165, 1.54) is 11.9 Å². The smallest absolute Gasteiger partial charge is 0.327 e. The second-order valence-electron chi connectivity index (χ2n) is 4.57. The van der Waals surface area contributed by atoms with Crippen LogP contribution in [0.4, 0.5) is 4.79 Å². The lowest BCUT2D eigenvalue weighted by atomic mass is 9.89. The Morgan fingerprint density at radius 3 is 2.26 bits per heavy atom. The van der Waals surface area contributed by atoms with Gasteiger partial charge in [0.15, 0.2) is 5.54 Å². The average molecular weight is 262 g/mol. The third kappa shape index (κ3) is 1.90. The molecule has 1 heterocycles. The normalized spacial score (nSPS) is 23.3. The Morgan fingerprint density at radius 1 is 1.16 bits per heavy atom. The Bertz CT molecular complexity index is 489. The zero-order valence-electron chi connectivity index (χ0n) is 11.4. The van der Waals surface area contributed by atoms with Gasteiger partial charge in [-0.25, -0.2) is 4.79 Å². The number of carbonyl (C=O) groups excluding carboxylic acids is 2. The van der Waals surface area contributed by atoms with Crippen molar-refractivity contribution >= 4 is 11.9 Å². The Balaban J connectivity index is 2.52. The van der Waals surface area contributed by atoms with Crippen LogP contribution in [0.1, 0.15) is 12.5 Å². The summed E-state index contributed by atoms with van der Waals surface area (Å²) < 4.78 is 5.47. The fraction of sp³-hybridized carbons (Fsp3) is 0.429. The second-order valence-corrected chi connectivity index (χ2v) is 4.57. The van der Waals surface area contributed by atoms with Crippen LogP contribution in [0, 0.1) is 0 Å². The molecule has 0 aromatic heterocycles. The summed E-state index contributed by atoms with van der Waals surface area (Å²) in [5.41, 5.74) is -0.281. The fourth-order valence-electron chi connectivity index (χ4n) is 2.42. The number of amides is 3. The molecule has 0 unspecified atom stereocenters. The van der Waals surface area contributed by atoms with Crippen LogP contribution in [-0.2, 0) is 15.1 Å². The van der Waals surface area contributed by atoms with Gasteiger partial charge in [0.1, 0.15) is 0 Å². The van der Waals surface area contributed by atoms with Crippen molar-refractivity contribution in [1.82, 2.24) is 9.80 Å². The molecule has 0 spiro atoms. The van der Waals surface area contributed by atoms with Crippen LogP contribution >= 0.6 is 0 Å². The number of hydrogen-bond donors (Lipinski definition) is 0. The van der Waals surface area contributed by atoms with Crippen molar-refractivity contribution in [2.24, 2.45) is 0 Å². The van der Waals surface area contributed by atoms with Crippen molar-refractivity contribution in [3.8, 4) is 0 Å². The Kier molecular flexibility index (Phi) is 3.57. The van der Waals surface area contributed by atoms with E-state index in [1.54, 1.807) is 7.05 Å². The van der Waals surface area contributed by atoms with E-state index >= 15 is 0 Å². The first-order valence-electron chi connectivity index (χ1n) is 6.25. The van der Waals surface area contributed by atoms with Crippen molar-refractivity contribution < 1.29 is 14.3 Å². The van der Waals surface area contributed by atoms with Crippen molar-refractivity contribution in [1.29, 1.82) is 0 Å². The molecule has 5 nitrogen and oxygen atoms in total. The minimum atomic E-state index is -1.05. The van der Waals surface area contributed by atoms with E-state index in [9.17, 15) is 9.59 Å². The first-order valence-corrected chi connectivity index (χ1v) is 6.25. The van der Waals surface area contributed by atoms with E-state index in [1.807, 2.05) is 37.3 Å². The summed E-state index contributed by atoms with van der Waals surface area (Å²) in [6.07, 6.45) is 0. The second kappa shape index (κ2) is 5.01. The lowest BCUT2D eigenvalue weighted by molar-refractivity contribution is -0.135. The Morgan fingerprint density at radius 2 is 1.79 bits per heavy atom. The average Bonchev–Trinajstić information content (AvgIpc) is 2.61. The molecule has 0 bridgehead atoms. The predicted molar refractivity (Wildman–Crippen MR) is 70.5 cm³/mol. The van der Waals surface area contributed by atoms with Gasteiger partial charge < -0.3 is 9.64 Å². The molecule has 1 aliphatic rings. The highest BCUT2D eigenvalue weighted by atomic mass is 16.5. The van der Waals surface area contributed by atoms with Crippen molar-refractivity contribution in [3.05, 3.63) is 35.9 Å². The zero-order valence-corrected chi connectivity index (χ0v) is 11.4. The van der Waals surface area contributed by atoms with Gasteiger partial charge >= 0.3 is 6.03 Å². The fourth-order valence-corrected chi connectivity index (χ4v) is 2.42. The SMILES string of the molecule is CCOC[C@@]1(c2ccccc2)C(=O)N(C)C(=O)N1C. The monoisotopic (exact) mass is 262 g/mol. The standard InChI is InChI=1S/C14H18N2O3/c1-4-19-10-14(11-8-6-5-7-9-11)12(17)15(2)13(18)16(14)3/h5-9H,4,10H2,1-3H3/t14-/m1/s1. The minimum Gasteiger partial charge on any atom is -0.378 e. The molecule has 1 aromatic carbocycles. The predicted octanol–water partition coefficient (Wildman–Crippen LogP) is 1.44. The largest absolute Gasteiger partial charge is 0.378 e. The number of likely N-dealkylation sites (N-methyl/N-ethyl adjacent to an activating group) is 2. The molecule has 0 radical (unpaired) electrons. The van der Waals surface area contributed by atoms with Crippen molar-refractivity contribution in [2.75, 3.05) is 27.3 Å². The summed E-state index contributed by atoms with van der Waals surface area (Å²) in [7, 11) is 3.13. The molecular formula is C14H18N2O3. The number of benzene rings is 1. The first-order chi connectivity index (χ1) is 9.05. The highest BCUT2D eigenvalue weighted by molar-refractivity contribution is 6.07. The maximum Gasteiger partial charge on any atom is 0.327 e. The summed E-state index contributed by atoms with van der Waals surface area (Å²) in [5.74, 6) is -0.250. The number of ether oxygens (including phenoxy) is 1. The number of hydrogen-bond acceptors (Lipinski definition) is 3. The Labute approximate surface area is 112 Å². The van der Waals surface area contributed by atoms with Crippen LogP contribution in [0.5, 0.6) is 0 Å². The first kappa shape index (κ1) is 13.5. The molecule has 1 atom stereocenters. The third-order valence-electron chi connectivity index (χ3n) is 3.57. The van der Waals surface area contributed by atoms with Crippen LogP contribution in [-0.4, -0.2) is 49.0 Å². The molecule has 102 valence electrons. The van der Waals surface area contributed by atoms with Gasteiger partial charge in [0.2, 0.25) is 0 Å². The molecule has 1 saturated heterocycles. The van der Waals surface area contributed by atoms with Gasteiger partial charge in [-0.05, 0) is 12.5 Å². The van der Waals surface area contributed by atoms with Crippen LogP contribution in [0.25, 0.3) is 0 Å². The van der Waals surface area contributed by atoms with Gasteiger partial charge in [0.25, 0.3) is 5.91 Å². The van der Waals surface area contributed by atoms with E-state index in [0.29, 0.717) is 6.61 Å². The lowest BCUT2D eigenvalue weighted by Crippen LogP contribution is -2.48. The molecule has 1 aliphatic heterocycles. The highest BCUT2D eigenvalue weighted by Gasteiger charge is 2.55. The molecule has 0 aliphatic carbocycles. The van der Waals surface area contributed by atoms with Gasteiger partial charge in [-0.2, -0.15) is 0 Å². The van der Waals surface area contributed by atoms with E-state index in [0.717, 1.165) is 10.5 Å². The summed E-state index contributed by atoms with van der Waals surface area (Å²) >= 11 is 0. The quantitative estimate of drug-likeness (QED) is 0.772. The number of urea groups is 1. The molecule has 5 heteroatoms. The van der Waals surface area contributed by atoms with E-state index in [4.69, 9.17) is 4.74 Å². The van der Waals surface area contributed by atoms with Gasteiger partial charge in [-0.15, -0.1) is 0 Å². The highest BCUT2D eigenvalue weighted by Crippen LogP contribution is 2.35. The maximum atomic E-state index is 12.5. The van der Waals surface area contributed by atoms with Gasteiger partial charge in [0, 0.05) is 20.7 Å². The van der Waals surface area contributed by atoms with Crippen molar-refractivity contribution in [3.63, 3.8) is 0 Å². The lowest BCUT2D eigenvalue weighted by Gasteiger charge is -2.32. The molecular weight excluding hydrogens is 244 g/mol. The molecule has 3 amide bonds. The summed E-state index contributed by atoms with van der Waals surface area (Å²) in [6.45, 7) is 2.52. The topological polar surface area (TPSA) is 49.9 Å². The van der Waals surface area contributed by atoms with Gasteiger partial charge in [-0.1, -0.05) is 30.3 Å². The molecule has 1 fully saturated rings. The van der Waals surface area contributed by atoms with Crippen LogP contribution in [0.2, 0.25) is 0 Å². The minimum absolute atomic E-state index is 0.166. The number of rotatable bonds is 4. The third-order valence-corrected chi connectivity index (χ3v) is 3.57. The van der Waals surface area contributed by atoms with E-state index in [-0.39, 0.29) is 18.5 Å². The number of carbonyl (C=O) groups is 2. The summed E-state index contributed by atoms with van der Waals surface area (Å²) in [6, 6.07) is 8.97. The molecule has 0 saturated carbocycles. The van der Waals surface area contributed by atoms with Crippen LogP contribution in [0.15, 0.2) is 30.3 Å². The van der Waals surface area contributed by atoms with Gasteiger partial charge in [-0.3, -0.25) is 9.69 Å². The number of imide groups is 1. The van der Waals surface area contributed by atoms with Gasteiger partial charge in [0.05, 0.1) is 6.61 Å². The molecule has 19 heavy (non-hydrogen) atoms. The summed E-state index contributed by atoms with van der Waals surface area (Å²) in [4.78, 5) is 27.2.